The molecule has 1 saturated heterocycles. The predicted octanol–water partition coefficient (Wildman–Crippen LogP) is 2.58. The van der Waals surface area contributed by atoms with Crippen LogP contribution in [-0.2, 0) is 15.8 Å². The SMILES string of the molecule is O=C(CN1CCCCC1C(=O)O)Nc1cccc(C(F)(F)F)c1. The van der Waals surface area contributed by atoms with Crippen LogP contribution in [0.4, 0.5) is 18.9 Å². The van der Waals surface area contributed by atoms with Gasteiger partial charge in [-0.3, -0.25) is 14.5 Å². The number of alkyl halides is 3. The highest BCUT2D eigenvalue weighted by Crippen LogP contribution is 2.30. The van der Waals surface area contributed by atoms with Crippen LogP contribution in [0.25, 0.3) is 0 Å². The number of amides is 1. The molecule has 2 rings (SSSR count). The Kier molecular flexibility index (Phi) is 5.25. The molecule has 0 radical (unpaired) electrons. The molecule has 1 fully saturated rings. The highest BCUT2D eigenvalue weighted by molar-refractivity contribution is 5.92. The van der Waals surface area contributed by atoms with E-state index in [0.717, 1.165) is 25.0 Å². The van der Waals surface area contributed by atoms with Crippen LogP contribution < -0.4 is 5.32 Å². The smallest absolute Gasteiger partial charge is 0.416 e. The minimum Gasteiger partial charge on any atom is -0.480 e. The highest BCUT2D eigenvalue weighted by atomic mass is 19.4. The summed E-state index contributed by atoms with van der Waals surface area (Å²) in [6, 6.07) is 3.61. The number of rotatable bonds is 4. The lowest BCUT2D eigenvalue weighted by Crippen LogP contribution is -2.47. The van der Waals surface area contributed by atoms with Crippen LogP contribution in [0.3, 0.4) is 0 Å². The van der Waals surface area contributed by atoms with Crippen molar-refractivity contribution in [1.29, 1.82) is 0 Å². The Labute approximate surface area is 131 Å². The number of carbonyl (C=O) groups is 2. The molecular weight excluding hydrogens is 313 g/mol. The number of carboxylic acids is 1. The van der Waals surface area contributed by atoms with Gasteiger partial charge in [-0.1, -0.05) is 12.5 Å². The van der Waals surface area contributed by atoms with E-state index >= 15 is 0 Å². The minimum absolute atomic E-state index is 0.0358. The quantitative estimate of drug-likeness (QED) is 0.890. The van der Waals surface area contributed by atoms with Crippen LogP contribution in [0.5, 0.6) is 0 Å². The first-order valence-electron chi connectivity index (χ1n) is 7.21. The molecule has 1 amide bonds. The van der Waals surface area contributed by atoms with Crippen LogP contribution in [-0.4, -0.2) is 41.0 Å². The molecule has 1 unspecified atom stereocenters. The number of hydrogen-bond acceptors (Lipinski definition) is 3. The van der Waals surface area contributed by atoms with Crippen LogP contribution in [0.1, 0.15) is 24.8 Å². The molecule has 0 bridgehead atoms. The van der Waals surface area contributed by atoms with Crippen molar-refractivity contribution in [1.82, 2.24) is 4.90 Å². The normalized spacial score (nSPS) is 19.3. The van der Waals surface area contributed by atoms with Gasteiger partial charge in [0.15, 0.2) is 0 Å². The van der Waals surface area contributed by atoms with Crippen molar-refractivity contribution in [3.63, 3.8) is 0 Å². The molecule has 126 valence electrons. The summed E-state index contributed by atoms with van der Waals surface area (Å²) in [6.07, 6.45) is -2.45. The molecule has 1 aliphatic rings. The molecule has 0 spiro atoms. The third kappa shape index (κ3) is 4.69. The van der Waals surface area contributed by atoms with Gasteiger partial charge in [-0.05, 0) is 37.6 Å². The van der Waals surface area contributed by atoms with Crippen LogP contribution in [0, 0.1) is 0 Å². The van der Waals surface area contributed by atoms with Gasteiger partial charge in [0.05, 0.1) is 12.1 Å². The number of nitrogens with one attached hydrogen (secondary N) is 1. The average molecular weight is 330 g/mol. The summed E-state index contributed by atoms with van der Waals surface area (Å²) < 4.78 is 37.9. The molecule has 2 N–H and O–H groups in total. The average Bonchev–Trinajstić information content (AvgIpc) is 2.46. The standard InChI is InChI=1S/C15H17F3N2O3/c16-15(17,18)10-4-3-5-11(8-10)19-13(21)9-20-7-2-1-6-12(20)14(22)23/h3-5,8,12H,1-2,6-7,9H2,(H,19,21)(H,22,23). The second-order valence-corrected chi connectivity index (χ2v) is 5.45. The fourth-order valence-corrected chi connectivity index (χ4v) is 2.62. The minimum atomic E-state index is -4.48. The molecule has 1 atom stereocenters. The van der Waals surface area contributed by atoms with E-state index < -0.39 is 29.7 Å². The lowest BCUT2D eigenvalue weighted by atomic mass is 10.0. The van der Waals surface area contributed by atoms with Gasteiger partial charge in [0.1, 0.15) is 6.04 Å². The molecule has 1 aliphatic heterocycles. The zero-order valence-electron chi connectivity index (χ0n) is 12.3. The van der Waals surface area contributed by atoms with E-state index in [0.29, 0.717) is 13.0 Å². The lowest BCUT2D eigenvalue weighted by molar-refractivity contribution is -0.145. The van der Waals surface area contributed by atoms with Gasteiger partial charge in [0.25, 0.3) is 0 Å². The van der Waals surface area contributed by atoms with Crippen molar-refractivity contribution in [3.8, 4) is 0 Å². The summed E-state index contributed by atoms with van der Waals surface area (Å²) in [7, 11) is 0. The number of nitrogens with zero attached hydrogens (tertiary/aromatic N) is 1. The third-order valence-corrected chi connectivity index (χ3v) is 3.72. The Morgan fingerprint density at radius 2 is 2.04 bits per heavy atom. The third-order valence-electron chi connectivity index (χ3n) is 3.72. The number of aliphatic carboxylic acids is 1. The summed E-state index contributed by atoms with van der Waals surface area (Å²) in [5.74, 6) is -1.52. The second-order valence-electron chi connectivity index (χ2n) is 5.45. The van der Waals surface area contributed by atoms with Gasteiger partial charge in [-0.15, -0.1) is 0 Å². The summed E-state index contributed by atoms with van der Waals surface area (Å²) >= 11 is 0. The molecule has 23 heavy (non-hydrogen) atoms. The molecule has 0 aliphatic carbocycles. The highest BCUT2D eigenvalue weighted by Gasteiger charge is 2.31. The molecule has 1 aromatic carbocycles. The lowest BCUT2D eigenvalue weighted by Gasteiger charge is -2.32. The number of halogens is 3. The van der Waals surface area contributed by atoms with E-state index in [1.165, 1.54) is 17.0 Å². The first kappa shape index (κ1) is 17.3. The number of likely N-dealkylation sites (tertiary alicyclic amines) is 1. The van der Waals surface area contributed by atoms with Crippen molar-refractivity contribution in [2.75, 3.05) is 18.4 Å². The number of carboxylic acid groups (broad SMARTS) is 1. The zero-order valence-corrected chi connectivity index (χ0v) is 12.3. The maximum atomic E-state index is 12.6. The van der Waals surface area contributed by atoms with Gasteiger partial charge in [-0.2, -0.15) is 13.2 Å². The van der Waals surface area contributed by atoms with E-state index in [-0.39, 0.29) is 12.2 Å². The topological polar surface area (TPSA) is 69.6 Å². The Morgan fingerprint density at radius 1 is 1.30 bits per heavy atom. The van der Waals surface area contributed by atoms with Gasteiger partial charge in [-0.25, -0.2) is 0 Å². The maximum Gasteiger partial charge on any atom is 0.416 e. The van der Waals surface area contributed by atoms with Crippen LogP contribution >= 0.6 is 0 Å². The summed E-state index contributed by atoms with van der Waals surface area (Å²) in [4.78, 5) is 24.7. The number of benzene rings is 1. The predicted molar refractivity (Wildman–Crippen MR) is 76.9 cm³/mol. The van der Waals surface area contributed by atoms with Gasteiger partial charge < -0.3 is 10.4 Å². The van der Waals surface area contributed by atoms with E-state index in [4.69, 9.17) is 5.11 Å². The first-order chi connectivity index (χ1) is 10.8. The van der Waals surface area contributed by atoms with Gasteiger partial charge in [0, 0.05) is 5.69 Å². The molecule has 0 aromatic heterocycles. The molecule has 0 saturated carbocycles. The fraction of sp³-hybridized carbons (Fsp3) is 0.467. The Morgan fingerprint density at radius 3 is 2.70 bits per heavy atom. The number of anilines is 1. The second kappa shape index (κ2) is 6.99. The van der Waals surface area contributed by atoms with Gasteiger partial charge >= 0.3 is 12.1 Å². The van der Waals surface area contributed by atoms with E-state index in [1.54, 1.807) is 0 Å². The fourth-order valence-electron chi connectivity index (χ4n) is 2.62. The van der Waals surface area contributed by atoms with Crippen molar-refractivity contribution >= 4 is 17.6 Å². The number of piperidine rings is 1. The van der Waals surface area contributed by atoms with Crippen molar-refractivity contribution in [2.24, 2.45) is 0 Å². The maximum absolute atomic E-state index is 12.6. The Balaban J connectivity index is 2.00. The molecular formula is C15H17F3N2O3. The summed E-state index contributed by atoms with van der Waals surface area (Å²) in [5, 5.41) is 11.5. The Bertz CT molecular complexity index is 590. The van der Waals surface area contributed by atoms with Crippen molar-refractivity contribution < 1.29 is 27.9 Å². The summed E-state index contributed by atoms with van der Waals surface area (Å²) in [6.45, 7) is 0.320. The van der Waals surface area contributed by atoms with Gasteiger partial charge in [0.2, 0.25) is 5.91 Å². The Hall–Kier alpha value is -2.09. The van der Waals surface area contributed by atoms with E-state index in [2.05, 4.69) is 5.32 Å². The van der Waals surface area contributed by atoms with Crippen LogP contribution in [0.2, 0.25) is 0 Å². The van der Waals surface area contributed by atoms with E-state index in [9.17, 15) is 22.8 Å². The number of carbonyl (C=O) groups excluding carboxylic acids is 1. The van der Waals surface area contributed by atoms with Crippen LogP contribution in [0.15, 0.2) is 24.3 Å². The molecule has 8 heteroatoms. The molecule has 5 nitrogen and oxygen atoms in total. The number of hydrogen-bond donors (Lipinski definition) is 2. The molecule has 1 heterocycles. The summed E-state index contributed by atoms with van der Waals surface area (Å²) in [5.41, 5.74) is -0.814. The largest absolute Gasteiger partial charge is 0.480 e. The molecule has 1 aromatic rings. The monoisotopic (exact) mass is 330 g/mol. The van der Waals surface area contributed by atoms with E-state index in [1.807, 2.05) is 0 Å². The van der Waals surface area contributed by atoms with Crippen molar-refractivity contribution in [3.05, 3.63) is 29.8 Å². The zero-order chi connectivity index (χ0) is 17.0. The van der Waals surface area contributed by atoms with Crippen molar-refractivity contribution in [2.45, 2.75) is 31.5 Å². The first-order valence-corrected chi connectivity index (χ1v) is 7.21.